The highest BCUT2D eigenvalue weighted by Gasteiger charge is 2.02. The normalized spacial score (nSPS) is 10.8. The molecule has 0 heterocycles. The molecule has 0 aliphatic carbocycles. The van der Waals surface area contributed by atoms with Crippen LogP contribution in [0.15, 0.2) is 58.1 Å². The largest absolute Gasteiger partial charge is 0.372 e. The van der Waals surface area contributed by atoms with Gasteiger partial charge in [0, 0.05) is 23.2 Å². The lowest BCUT2D eigenvalue weighted by atomic mass is 10.1. The molecule has 1 amide bonds. The summed E-state index contributed by atoms with van der Waals surface area (Å²) < 4.78 is 0.998. The highest BCUT2D eigenvalue weighted by Crippen LogP contribution is 2.14. The number of hydrazone groups is 1. The Morgan fingerprint density at radius 1 is 1.08 bits per heavy atom. The second-order valence-electron chi connectivity index (χ2n) is 5.36. The van der Waals surface area contributed by atoms with Crippen molar-refractivity contribution in [1.82, 2.24) is 5.43 Å². The molecule has 0 radical (unpaired) electrons. The number of nitrogens with zero attached hydrogens (tertiary/aromatic N) is 2. The van der Waals surface area contributed by atoms with E-state index in [1.807, 2.05) is 36.4 Å². The lowest BCUT2D eigenvalue weighted by Gasteiger charge is -2.20. The van der Waals surface area contributed by atoms with Crippen LogP contribution in [0.25, 0.3) is 0 Å². The number of hydrogen-bond donors (Lipinski definition) is 1. The Morgan fingerprint density at radius 3 is 2.29 bits per heavy atom. The van der Waals surface area contributed by atoms with Crippen LogP contribution >= 0.6 is 15.9 Å². The lowest BCUT2D eigenvalue weighted by Crippen LogP contribution is -2.21. The maximum absolute atomic E-state index is 11.9. The maximum atomic E-state index is 11.9. The molecule has 0 aliphatic rings. The molecule has 2 aromatic carbocycles. The molecule has 24 heavy (non-hydrogen) atoms. The van der Waals surface area contributed by atoms with E-state index in [0.717, 1.165) is 28.7 Å². The van der Waals surface area contributed by atoms with Crippen molar-refractivity contribution in [3.8, 4) is 0 Å². The van der Waals surface area contributed by atoms with Crippen LogP contribution in [0, 0.1) is 0 Å². The summed E-state index contributed by atoms with van der Waals surface area (Å²) in [5, 5.41) is 4.02. The third-order valence-corrected chi connectivity index (χ3v) is 4.23. The van der Waals surface area contributed by atoms with Crippen molar-refractivity contribution in [2.75, 3.05) is 18.0 Å². The molecule has 5 heteroatoms. The number of nitrogens with one attached hydrogen (secondary N) is 1. The molecule has 4 nitrogen and oxygen atoms in total. The monoisotopic (exact) mass is 387 g/mol. The molecular weight excluding hydrogens is 366 g/mol. The van der Waals surface area contributed by atoms with Crippen LogP contribution in [-0.2, 0) is 11.2 Å². The van der Waals surface area contributed by atoms with Crippen molar-refractivity contribution in [2.24, 2.45) is 5.10 Å². The average Bonchev–Trinajstić information content (AvgIpc) is 2.59. The van der Waals surface area contributed by atoms with Gasteiger partial charge in [0.15, 0.2) is 0 Å². The Balaban J connectivity index is 1.86. The van der Waals surface area contributed by atoms with Crippen LogP contribution in [0.3, 0.4) is 0 Å². The van der Waals surface area contributed by atoms with Gasteiger partial charge in [-0.25, -0.2) is 5.43 Å². The number of carbonyl (C=O) groups excluding carboxylic acids is 1. The van der Waals surface area contributed by atoms with E-state index in [-0.39, 0.29) is 5.91 Å². The van der Waals surface area contributed by atoms with Crippen molar-refractivity contribution >= 4 is 33.7 Å². The van der Waals surface area contributed by atoms with Gasteiger partial charge in [-0.3, -0.25) is 4.79 Å². The van der Waals surface area contributed by atoms with E-state index < -0.39 is 0 Å². The molecule has 2 aromatic rings. The van der Waals surface area contributed by atoms with Gasteiger partial charge >= 0.3 is 0 Å². The smallest absolute Gasteiger partial charge is 0.244 e. The number of halogens is 1. The average molecular weight is 388 g/mol. The van der Waals surface area contributed by atoms with Crippen LogP contribution in [0.5, 0.6) is 0 Å². The summed E-state index contributed by atoms with van der Waals surface area (Å²) in [4.78, 5) is 14.1. The third kappa shape index (κ3) is 5.49. The fraction of sp³-hybridized carbons (Fsp3) is 0.263. The summed E-state index contributed by atoms with van der Waals surface area (Å²) in [5.74, 6) is -0.131. The van der Waals surface area contributed by atoms with E-state index in [2.05, 4.69) is 57.3 Å². The Bertz CT molecular complexity index is 677. The highest BCUT2D eigenvalue weighted by molar-refractivity contribution is 9.10. The number of hydrogen-bond acceptors (Lipinski definition) is 3. The van der Waals surface area contributed by atoms with Gasteiger partial charge in [0.1, 0.15) is 0 Å². The van der Waals surface area contributed by atoms with Crippen LogP contribution in [0.2, 0.25) is 0 Å². The Morgan fingerprint density at radius 2 is 1.71 bits per heavy atom. The number of amides is 1. The maximum Gasteiger partial charge on any atom is 0.244 e. The minimum absolute atomic E-state index is 0.131. The zero-order chi connectivity index (χ0) is 17.4. The second-order valence-corrected chi connectivity index (χ2v) is 6.28. The summed E-state index contributed by atoms with van der Waals surface area (Å²) in [7, 11) is 0. The molecular formula is C19H22BrN3O. The van der Waals surface area contributed by atoms with E-state index in [0.29, 0.717) is 6.42 Å². The number of rotatable bonds is 7. The van der Waals surface area contributed by atoms with E-state index in [4.69, 9.17) is 0 Å². The first-order valence-electron chi connectivity index (χ1n) is 8.03. The standard InChI is InChI=1S/C19H22BrN3O/c1-3-23(4-2)18-11-7-16(8-12-18)14-21-22-19(24)13-15-5-9-17(20)10-6-15/h5-12,14H,3-4,13H2,1-2H3,(H,22,24)/b21-14-. The number of benzene rings is 2. The molecule has 0 bridgehead atoms. The summed E-state index contributed by atoms with van der Waals surface area (Å²) in [5.41, 5.74) is 5.66. The van der Waals surface area contributed by atoms with Gasteiger partial charge in [0.25, 0.3) is 0 Å². The predicted molar refractivity (Wildman–Crippen MR) is 104 cm³/mol. The van der Waals surface area contributed by atoms with Gasteiger partial charge in [-0.05, 0) is 49.2 Å². The van der Waals surface area contributed by atoms with Gasteiger partial charge in [-0.1, -0.05) is 40.2 Å². The Labute approximate surface area is 151 Å². The van der Waals surface area contributed by atoms with Crippen LogP contribution in [0.1, 0.15) is 25.0 Å². The topological polar surface area (TPSA) is 44.7 Å². The zero-order valence-electron chi connectivity index (χ0n) is 14.0. The highest BCUT2D eigenvalue weighted by atomic mass is 79.9. The van der Waals surface area contributed by atoms with Gasteiger partial charge in [-0.15, -0.1) is 0 Å². The van der Waals surface area contributed by atoms with Crippen molar-refractivity contribution in [1.29, 1.82) is 0 Å². The summed E-state index contributed by atoms with van der Waals surface area (Å²) >= 11 is 3.38. The first-order chi connectivity index (χ1) is 11.6. The van der Waals surface area contributed by atoms with E-state index in [1.54, 1.807) is 6.21 Å². The van der Waals surface area contributed by atoms with Crippen molar-refractivity contribution in [3.05, 3.63) is 64.1 Å². The molecule has 2 rings (SSSR count). The molecule has 0 atom stereocenters. The Kier molecular flexibility index (Phi) is 7.00. The molecule has 0 spiro atoms. The van der Waals surface area contributed by atoms with Crippen molar-refractivity contribution in [2.45, 2.75) is 20.3 Å². The lowest BCUT2D eigenvalue weighted by molar-refractivity contribution is -0.120. The first-order valence-corrected chi connectivity index (χ1v) is 8.83. The molecule has 0 saturated heterocycles. The molecule has 0 aromatic heterocycles. The molecule has 126 valence electrons. The van der Waals surface area contributed by atoms with E-state index >= 15 is 0 Å². The van der Waals surface area contributed by atoms with Gasteiger partial charge in [0.05, 0.1) is 12.6 Å². The fourth-order valence-corrected chi connectivity index (χ4v) is 2.63. The van der Waals surface area contributed by atoms with Crippen LogP contribution in [0.4, 0.5) is 5.69 Å². The fourth-order valence-electron chi connectivity index (χ4n) is 2.37. The van der Waals surface area contributed by atoms with E-state index in [1.165, 1.54) is 5.69 Å². The molecule has 0 aliphatic heterocycles. The second kappa shape index (κ2) is 9.23. The minimum Gasteiger partial charge on any atom is -0.372 e. The van der Waals surface area contributed by atoms with Gasteiger partial charge in [0.2, 0.25) is 5.91 Å². The SMILES string of the molecule is CCN(CC)c1ccc(/C=N\NC(=O)Cc2ccc(Br)cc2)cc1. The quantitative estimate of drug-likeness (QED) is 0.576. The third-order valence-electron chi connectivity index (χ3n) is 3.70. The molecule has 0 unspecified atom stereocenters. The number of carbonyl (C=O) groups is 1. The minimum atomic E-state index is -0.131. The predicted octanol–water partition coefficient (Wildman–Crippen LogP) is 3.99. The molecule has 0 fully saturated rings. The number of anilines is 1. The van der Waals surface area contributed by atoms with Crippen LogP contribution < -0.4 is 10.3 Å². The van der Waals surface area contributed by atoms with Gasteiger partial charge in [-0.2, -0.15) is 5.10 Å². The van der Waals surface area contributed by atoms with Crippen molar-refractivity contribution in [3.63, 3.8) is 0 Å². The van der Waals surface area contributed by atoms with Crippen LogP contribution in [-0.4, -0.2) is 25.2 Å². The molecule has 0 saturated carbocycles. The summed E-state index contributed by atoms with van der Waals surface area (Å²) in [6.07, 6.45) is 1.97. The van der Waals surface area contributed by atoms with Crippen molar-refractivity contribution < 1.29 is 4.79 Å². The van der Waals surface area contributed by atoms with Gasteiger partial charge < -0.3 is 4.90 Å². The summed E-state index contributed by atoms with van der Waals surface area (Å²) in [6.45, 7) is 6.24. The van der Waals surface area contributed by atoms with E-state index in [9.17, 15) is 4.79 Å². The Hall–Kier alpha value is -2.14. The zero-order valence-corrected chi connectivity index (χ0v) is 15.6. The molecule has 1 N–H and O–H groups in total. The summed E-state index contributed by atoms with van der Waals surface area (Å²) in [6, 6.07) is 15.8. The first kappa shape index (κ1) is 18.2.